The predicted molar refractivity (Wildman–Crippen MR) is 154 cm³/mol. The minimum atomic E-state index is -3.85. The lowest BCUT2D eigenvalue weighted by Gasteiger charge is -2.38. The van der Waals surface area contributed by atoms with Gasteiger partial charge in [0.2, 0.25) is 0 Å². The van der Waals surface area contributed by atoms with E-state index in [4.69, 9.17) is 9.47 Å². The van der Waals surface area contributed by atoms with Crippen molar-refractivity contribution in [1.82, 2.24) is 9.80 Å². The average molecular weight is 568 g/mol. The Kier molecular flexibility index (Phi) is 9.34. The fourth-order valence-electron chi connectivity index (χ4n) is 4.73. The quantitative estimate of drug-likeness (QED) is 0.383. The van der Waals surface area contributed by atoms with Crippen molar-refractivity contribution in [2.75, 3.05) is 38.6 Å². The highest BCUT2D eigenvalue weighted by atomic mass is 32.2. The van der Waals surface area contributed by atoms with Crippen LogP contribution in [-0.4, -0.2) is 75.2 Å². The van der Waals surface area contributed by atoms with Gasteiger partial charge in [-0.15, -0.1) is 0 Å². The summed E-state index contributed by atoms with van der Waals surface area (Å²) < 4.78 is 40.1. The van der Waals surface area contributed by atoms with Crippen molar-refractivity contribution >= 4 is 21.6 Å². The molecule has 0 radical (unpaired) electrons. The van der Waals surface area contributed by atoms with Gasteiger partial charge in [0.25, 0.3) is 15.9 Å². The van der Waals surface area contributed by atoms with Crippen LogP contribution in [0.1, 0.15) is 29.8 Å². The second-order valence-electron chi connectivity index (χ2n) is 10.3. The van der Waals surface area contributed by atoms with Crippen LogP contribution in [0.4, 0.5) is 5.69 Å². The van der Waals surface area contributed by atoms with Gasteiger partial charge >= 0.3 is 0 Å². The molecular formula is C30H37N3O6S. The lowest BCUT2D eigenvalue weighted by Crippen LogP contribution is -2.49. The molecule has 0 spiro atoms. The molecule has 1 heterocycles. The number of carbonyl (C=O) groups is 1. The van der Waals surface area contributed by atoms with Gasteiger partial charge in [0.05, 0.1) is 30.2 Å². The van der Waals surface area contributed by atoms with Crippen LogP contribution < -0.4 is 14.2 Å². The summed E-state index contributed by atoms with van der Waals surface area (Å²) in [5.41, 5.74) is 1.62. The van der Waals surface area contributed by atoms with Gasteiger partial charge < -0.3 is 19.5 Å². The Bertz CT molecular complexity index is 1400. The first-order chi connectivity index (χ1) is 19.1. The number of rotatable bonds is 10. The van der Waals surface area contributed by atoms with E-state index in [1.54, 1.807) is 49.3 Å². The number of likely N-dealkylation sites (N-methyl/N-ethyl adjacent to an activating group) is 1. The van der Waals surface area contributed by atoms with Crippen molar-refractivity contribution in [2.45, 2.75) is 37.4 Å². The van der Waals surface area contributed by atoms with Gasteiger partial charge in [-0.25, -0.2) is 8.42 Å². The second kappa shape index (κ2) is 12.7. The van der Waals surface area contributed by atoms with Crippen molar-refractivity contribution in [1.29, 1.82) is 0 Å². The molecule has 9 nitrogen and oxygen atoms in total. The fraction of sp³-hybridized carbons (Fsp3) is 0.367. The molecule has 3 aromatic rings. The fourth-order valence-corrected chi connectivity index (χ4v) is 5.80. The summed E-state index contributed by atoms with van der Waals surface area (Å²) in [5.74, 6) is 0.806. The largest absolute Gasteiger partial charge is 0.497 e. The SMILES string of the molecule is COc1ccc(CN(C)C[C@H]2Oc3ccc(NS(=O)(=O)c4ccccc4)cc3C(=O)N([C@@H](C)CO)C[C@H]2C)cc1. The first-order valence-electron chi connectivity index (χ1n) is 13.2. The highest BCUT2D eigenvalue weighted by Gasteiger charge is 2.33. The maximum Gasteiger partial charge on any atom is 0.261 e. The zero-order valence-electron chi connectivity index (χ0n) is 23.3. The predicted octanol–water partition coefficient (Wildman–Crippen LogP) is 3.85. The number of methoxy groups -OCH3 is 1. The van der Waals surface area contributed by atoms with Crippen molar-refractivity contribution < 1.29 is 27.8 Å². The van der Waals surface area contributed by atoms with E-state index in [1.165, 1.54) is 18.2 Å². The second-order valence-corrected chi connectivity index (χ2v) is 12.0. The molecule has 1 aliphatic rings. The molecule has 214 valence electrons. The minimum Gasteiger partial charge on any atom is -0.497 e. The first kappa shape index (κ1) is 29.4. The van der Waals surface area contributed by atoms with E-state index in [0.29, 0.717) is 25.4 Å². The van der Waals surface area contributed by atoms with Crippen molar-refractivity contribution in [2.24, 2.45) is 5.92 Å². The highest BCUT2D eigenvalue weighted by Crippen LogP contribution is 2.31. The van der Waals surface area contributed by atoms with Gasteiger partial charge in [-0.1, -0.05) is 37.3 Å². The number of hydrogen-bond donors (Lipinski definition) is 2. The molecule has 0 saturated carbocycles. The Hall–Kier alpha value is -3.60. The summed E-state index contributed by atoms with van der Waals surface area (Å²) in [4.78, 5) is 17.6. The van der Waals surface area contributed by atoms with Gasteiger partial charge in [0.15, 0.2) is 0 Å². The molecule has 10 heteroatoms. The number of ether oxygens (including phenoxy) is 2. The normalized spacial score (nSPS) is 18.4. The molecule has 40 heavy (non-hydrogen) atoms. The zero-order chi connectivity index (χ0) is 28.9. The van der Waals surface area contributed by atoms with Gasteiger partial charge in [0.1, 0.15) is 17.6 Å². The molecular weight excluding hydrogens is 530 g/mol. The number of sulfonamides is 1. The molecule has 0 aromatic heterocycles. The average Bonchev–Trinajstić information content (AvgIpc) is 2.95. The van der Waals surface area contributed by atoms with Crippen LogP contribution in [0.15, 0.2) is 77.7 Å². The standard InChI is InChI=1S/C30H37N3O6S/c1-21-17-33(22(2)20-34)30(35)27-16-24(31-40(36,37)26-8-6-5-7-9-26)12-15-28(27)39-29(21)19-32(3)18-23-10-13-25(38-4)14-11-23/h5-16,21-22,29,31,34H,17-20H2,1-4H3/t21-,22+,29-/m1/s1. The van der Waals surface area contributed by atoms with E-state index in [1.807, 2.05) is 38.2 Å². The smallest absolute Gasteiger partial charge is 0.261 e. The van der Waals surface area contributed by atoms with Gasteiger partial charge in [-0.2, -0.15) is 0 Å². The number of hydrogen-bond acceptors (Lipinski definition) is 7. The highest BCUT2D eigenvalue weighted by molar-refractivity contribution is 7.92. The van der Waals surface area contributed by atoms with E-state index in [-0.39, 0.29) is 40.7 Å². The summed E-state index contributed by atoms with van der Waals surface area (Å²) >= 11 is 0. The van der Waals surface area contributed by atoms with Crippen LogP contribution in [0.3, 0.4) is 0 Å². The third-order valence-corrected chi connectivity index (χ3v) is 8.47. The van der Waals surface area contributed by atoms with E-state index >= 15 is 0 Å². The maximum absolute atomic E-state index is 13.7. The maximum atomic E-state index is 13.7. The molecule has 3 aromatic carbocycles. The number of anilines is 1. The van der Waals surface area contributed by atoms with Gasteiger partial charge in [-0.3, -0.25) is 14.4 Å². The molecule has 3 atom stereocenters. The number of amides is 1. The Labute approximate surface area is 236 Å². The molecule has 0 saturated heterocycles. The third-order valence-electron chi connectivity index (χ3n) is 7.07. The Balaban J connectivity index is 1.61. The Morgan fingerprint density at radius 1 is 1.12 bits per heavy atom. The van der Waals surface area contributed by atoms with E-state index in [2.05, 4.69) is 9.62 Å². The van der Waals surface area contributed by atoms with E-state index in [0.717, 1.165) is 11.3 Å². The Morgan fingerprint density at radius 2 is 1.82 bits per heavy atom. The molecule has 0 fully saturated rings. The van der Waals surface area contributed by atoms with E-state index < -0.39 is 16.1 Å². The molecule has 2 N–H and O–H groups in total. The molecule has 1 amide bonds. The van der Waals surface area contributed by atoms with E-state index in [9.17, 15) is 18.3 Å². The first-order valence-corrected chi connectivity index (χ1v) is 14.7. The number of aliphatic hydroxyl groups is 1. The van der Waals surface area contributed by atoms with Crippen molar-refractivity contribution in [3.05, 3.63) is 83.9 Å². The lowest BCUT2D eigenvalue weighted by molar-refractivity contribution is 0.0341. The number of fused-ring (bicyclic) bond motifs is 1. The number of benzene rings is 3. The summed E-state index contributed by atoms with van der Waals surface area (Å²) in [6.07, 6.45) is -0.268. The van der Waals surface area contributed by atoms with Crippen LogP contribution >= 0.6 is 0 Å². The number of carbonyl (C=O) groups excluding carboxylic acids is 1. The summed E-state index contributed by atoms with van der Waals surface area (Å²) in [7, 11) is -0.195. The van der Waals surface area contributed by atoms with Gasteiger partial charge in [-0.05, 0) is 62.0 Å². The van der Waals surface area contributed by atoms with Crippen LogP contribution in [0.5, 0.6) is 11.5 Å². The zero-order valence-corrected chi connectivity index (χ0v) is 24.1. The summed E-state index contributed by atoms with van der Waals surface area (Å²) in [5, 5.41) is 9.91. The van der Waals surface area contributed by atoms with Crippen LogP contribution in [0, 0.1) is 5.92 Å². The molecule has 0 bridgehead atoms. The number of nitrogens with one attached hydrogen (secondary N) is 1. The Morgan fingerprint density at radius 3 is 2.48 bits per heavy atom. The lowest BCUT2D eigenvalue weighted by atomic mass is 9.99. The van der Waals surface area contributed by atoms with Crippen molar-refractivity contribution in [3.63, 3.8) is 0 Å². The molecule has 0 unspecified atom stereocenters. The summed E-state index contributed by atoms with van der Waals surface area (Å²) in [6, 6.07) is 20.2. The topological polar surface area (TPSA) is 108 Å². The molecule has 4 rings (SSSR count). The monoisotopic (exact) mass is 567 g/mol. The minimum absolute atomic E-state index is 0.0410. The molecule has 0 aliphatic carbocycles. The summed E-state index contributed by atoms with van der Waals surface area (Å²) in [6.45, 7) is 5.28. The van der Waals surface area contributed by atoms with Gasteiger partial charge in [0, 0.05) is 31.2 Å². The molecule has 1 aliphatic heterocycles. The number of aliphatic hydroxyl groups excluding tert-OH is 1. The van der Waals surface area contributed by atoms with Crippen LogP contribution in [-0.2, 0) is 16.6 Å². The number of nitrogens with zero attached hydrogens (tertiary/aromatic N) is 2. The van der Waals surface area contributed by atoms with Crippen LogP contribution in [0.25, 0.3) is 0 Å². The van der Waals surface area contributed by atoms with Crippen molar-refractivity contribution in [3.8, 4) is 11.5 Å². The van der Waals surface area contributed by atoms with Crippen LogP contribution in [0.2, 0.25) is 0 Å². The third kappa shape index (κ3) is 6.93.